The molecule has 0 saturated carbocycles. The van der Waals surface area contributed by atoms with Crippen molar-refractivity contribution in [3.05, 3.63) is 59.9 Å². The number of carbonyl (C=O) groups excluding carboxylic acids is 1. The van der Waals surface area contributed by atoms with Crippen molar-refractivity contribution in [2.75, 3.05) is 12.5 Å². The smallest absolute Gasteiger partial charge is 0.475 e. The first-order chi connectivity index (χ1) is 14.8. The molecule has 0 aliphatic carbocycles. The van der Waals surface area contributed by atoms with Crippen molar-refractivity contribution in [2.45, 2.75) is 35.0 Å². The van der Waals surface area contributed by atoms with E-state index in [1.54, 1.807) is 24.5 Å². The fourth-order valence-electron chi connectivity index (χ4n) is 3.50. The van der Waals surface area contributed by atoms with Gasteiger partial charge in [0.25, 0.3) is 0 Å². The van der Waals surface area contributed by atoms with Crippen LogP contribution in [0.3, 0.4) is 0 Å². The lowest BCUT2D eigenvalue weighted by Gasteiger charge is -2.18. The van der Waals surface area contributed by atoms with Crippen molar-refractivity contribution in [3.8, 4) is 0 Å². The van der Waals surface area contributed by atoms with E-state index in [4.69, 9.17) is 4.42 Å². The molecule has 3 atom stereocenters. The van der Waals surface area contributed by atoms with Gasteiger partial charge in [-0.1, -0.05) is 30.3 Å². The normalized spacial score (nSPS) is 14.3. The van der Waals surface area contributed by atoms with Gasteiger partial charge in [0, 0.05) is 17.4 Å². The molecule has 0 aliphatic rings. The van der Waals surface area contributed by atoms with Crippen molar-refractivity contribution in [1.29, 1.82) is 0 Å². The van der Waals surface area contributed by atoms with Gasteiger partial charge in [0.2, 0.25) is 15.7 Å². The van der Waals surface area contributed by atoms with E-state index in [1.165, 1.54) is 12.5 Å². The van der Waals surface area contributed by atoms with Crippen molar-refractivity contribution in [3.63, 3.8) is 0 Å². The van der Waals surface area contributed by atoms with Gasteiger partial charge in [0.1, 0.15) is 18.1 Å². The summed E-state index contributed by atoms with van der Waals surface area (Å²) in [4.78, 5) is 13.5. The number of benzene rings is 2. The van der Waals surface area contributed by atoms with Crippen LogP contribution < -0.4 is 5.32 Å². The minimum Gasteiger partial charge on any atom is -0.612 e. The van der Waals surface area contributed by atoms with Crippen LogP contribution in [-0.2, 0) is 40.0 Å². The van der Waals surface area contributed by atoms with Crippen LogP contribution in [0.4, 0.5) is 0 Å². The van der Waals surface area contributed by atoms with E-state index in [0.717, 1.165) is 10.9 Å². The van der Waals surface area contributed by atoms with E-state index in [9.17, 15) is 23.9 Å². The number of fused-ring (bicyclic) bond motifs is 1. The molecule has 0 fully saturated rings. The average molecular weight is 461 g/mol. The molecule has 3 rings (SSSR count). The van der Waals surface area contributed by atoms with Gasteiger partial charge < -0.3 is 28.9 Å². The first kappa shape index (κ1) is 23.7. The molecule has 0 aliphatic heterocycles. The number of nitrogens with one attached hydrogen (secondary N) is 1. The molecule has 1 heterocycles. The number of para-hydroxylation sites is 1. The Bertz CT molecular complexity index is 1040. The number of rotatable bonds is 9. The Morgan fingerprint density at radius 3 is 2.52 bits per heavy atom. The Morgan fingerprint density at radius 2 is 1.84 bits per heavy atom. The molecule has 1 aromatic heterocycles. The molecule has 2 aromatic carbocycles. The van der Waals surface area contributed by atoms with Gasteiger partial charge >= 0.3 is 7.12 Å². The fourth-order valence-corrected chi connectivity index (χ4v) is 5.75. The van der Waals surface area contributed by atoms with Crippen molar-refractivity contribution in [2.24, 2.45) is 0 Å². The van der Waals surface area contributed by atoms with Crippen molar-refractivity contribution in [1.82, 2.24) is 5.32 Å². The molecule has 1 amide bonds. The predicted molar refractivity (Wildman–Crippen MR) is 121 cm³/mol. The molecule has 3 aromatic rings. The summed E-state index contributed by atoms with van der Waals surface area (Å²) in [5, 5.41) is 23.0. The Labute approximate surface area is 187 Å². The minimum atomic E-state index is -1.75. The molecule has 3 N–H and O–H groups in total. The fraction of sp³-hybridized carbons (Fsp3) is 0.286. The zero-order valence-electron chi connectivity index (χ0n) is 17.2. The molecule has 0 radical (unpaired) electrons. The number of amides is 1. The first-order valence-electron chi connectivity index (χ1n) is 9.67. The van der Waals surface area contributed by atoms with Gasteiger partial charge in [-0.25, -0.2) is 0 Å². The van der Waals surface area contributed by atoms with Crippen LogP contribution in [0, 0.1) is 0 Å². The van der Waals surface area contributed by atoms with E-state index in [0.29, 0.717) is 20.9 Å². The third-order valence-corrected chi connectivity index (χ3v) is 7.13. The highest BCUT2D eigenvalue weighted by molar-refractivity contribution is 7.93. The number of carbonyl (C=O) groups is 1. The molecule has 0 spiro atoms. The monoisotopic (exact) mass is 461 g/mol. The van der Waals surface area contributed by atoms with Crippen LogP contribution >= 0.6 is 0 Å². The van der Waals surface area contributed by atoms with Gasteiger partial charge in [0.15, 0.2) is 0 Å². The zero-order valence-corrected chi connectivity index (χ0v) is 18.9. The molecular formula is C21H24BNO6S2. The Balaban J connectivity index is 1.68. The summed E-state index contributed by atoms with van der Waals surface area (Å²) in [6, 6.07) is 12.5. The lowest BCUT2D eigenvalue weighted by Crippen LogP contribution is -2.47. The summed E-state index contributed by atoms with van der Waals surface area (Å²) in [6.07, 6.45) is 5.12. The lowest BCUT2D eigenvalue weighted by atomic mass is 9.76. The van der Waals surface area contributed by atoms with Crippen LogP contribution in [0.2, 0.25) is 0 Å². The SMILES string of the molecule is C[S+]([O-])c1cccc(CCC(=O)NC(Cc2coc3ccccc23)B(O)O)c1[S+](C)[O-]. The largest absolute Gasteiger partial charge is 0.612 e. The highest BCUT2D eigenvalue weighted by atomic mass is 32.2. The second-order valence-electron chi connectivity index (χ2n) is 7.20. The highest BCUT2D eigenvalue weighted by Gasteiger charge is 2.28. The van der Waals surface area contributed by atoms with Gasteiger partial charge in [0.05, 0.1) is 12.2 Å². The standard InChI is InChI=1S/C21H24BNO6S2/c1-30(27)18-9-5-6-14(21(18)31(2)28)10-11-20(24)23-19(22(25)26)12-15-13-29-17-8-4-3-7-16(15)17/h3-9,13,19,25-26H,10-12H2,1-2H3,(H,23,24). The van der Waals surface area contributed by atoms with Crippen LogP contribution in [0.5, 0.6) is 0 Å². The maximum Gasteiger partial charge on any atom is 0.475 e. The van der Waals surface area contributed by atoms with E-state index >= 15 is 0 Å². The molecule has 3 unspecified atom stereocenters. The zero-order chi connectivity index (χ0) is 22.5. The second-order valence-corrected chi connectivity index (χ2v) is 9.87. The Kier molecular flexibility index (Phi) is 8.09. The number of hydrogen-bond acceptors (Lipinski definition) is 6. The summed E-state index contributed by atoms with van der Waals surface area (Å²) in [5.41, 5.74) is 2.13. The third kappa shape index (κ3) is 5.85. The highest BCUT2D eigenvalue weighted by Crippen LogP contribution is 2.26. The van der Waals surface area contributed by atoms with Crippen molar-refractivity contribution >= 4 is 46.3 Å². The van der Waals surface area contributed by atoms with Crippen LogP contribution in [-0.4, -0.2) is 50.6 Å². The molecule has 10 heteroatoms. The molecule has 0 bridgehead atoms. The predicted octanol–water partition coefficient (Wildman–Crippen LogP) is 1.58. The van der Waals surface area contributed by atoms with Crippen LogP contribution in [0.1, 0.15) is 17.5 Å². The third-order valence-electron chi connectivity index (χ3n) is 4.99. The van der Waals surface area contributed by atoms with E-state index < -0.39 is 35.4 Å². The topological polar surface area (TPSA) is 129 Å². The summed E-state index contributed by atoms with van der Waals surface area (Å²) >= 11 is -2.66. The summed E-state index contributed by atoms with van der Waals surface area (Å²) in [6.45, 7) is 0. The number of aryl methyl sites for hydroxylation is 1. The van der Waals surface area contributed by atoms with Crippen LogP contribution in [0.15, 0.2) is 62.9 Å². The summed E-state index contributed by atoms with van der Waals surface area (Å²) < 4.78 is 29.6. The van der Waals surface area contributed by atoms with Gasteiger partial charge in [-0.2, -0.15) is 0 Å². The molecule has 0 saturated heterocycles. The Hall–Kier alpha value is -1.95. The Morgan fingerprint density at radius 1 is 1.10 bits per heavy atom. The minimum absolute atomic E-state index is 0.0549. The number of hydrogen-bond donors (Lipinski definition) is 3. The molecule has 164 valence electrons. The molecule has 31 heavy (non-hydrogen) atoms. The summed E-state index contributed by atoms with van der Waals surface area (Å²) in [7, 11) is -1.75. The van der Waals surface area contributed by atoms with E-state index in [2.05, 4.69) is 5.32 Å². The first-order valence-corrected chi connectivity index (χ1v) is 12.8. The second kappa shape index (κ2) is 10.6. The van der Waals surface area contributed by atoms with E-state index in [-0.39, 0.29) is 25.2 Å². The molecular weight excluding hydrogens is 437 g/mol. The van der Waals surface area contributed by atoms with Crippen molar-refractivity contribution < 1.29 is 28.4 Å². The quantitative estimate of drug-likeness (QED) is 0.328. The lowest BCUT2D eigenvalue weighted by molar-refractivity contribution is -0.121. The summed E-state index contributed by atoms with van der Waals surface area (Å²) in [5.74, 6) is -1.29. The van der Waals surface area contributed by atoms with Gasteiger partial charge in [-0.15, -0.1) is 0 Å². The molecule has 7 nitrogen and oxygen atoms in total. The van der Waals surface area contributed by atoms with Gasteiger partial charge in [-0.3, -0.25) is 4.79 Å². The maximum absolute atomic E-state index is 12.5. The van der Waals surface area contributed by atoms with E-state index in [1.807, 2.05) is 24.3 Å². The van der Waals surface area contributed by atoms with Gasteiger partial charge in [-0.05, 0) is 52.9 Å². The van der Waals surface area contributed by atoms with Crippen LogP contribution in [0.25, 0.3) is 11.0 Å². The number of furan rings is 1. The maximum atomic E-state index is 12.5. The average Bonchev–Trinajstić information content (AvgIpc) is 3.14.